The topological polar surface area (TPSA) is 103 Å². The molecule has 0 aliphatic rings. The molecule has 0 atom stereocenters. The highest BCUT2D eigenvalue weighted by Gasteiger charge is 2.14. The van der Waals surface area contributed by atoms with Crippen molar-refractivity contribution in [1.29, 1.82) is 0 Å². The molecule has 11 heteroatoms. The number of nitrogens with two attached hydrogens (primary N) is 1. The first-order valence-corrected chi connectivity index (χ1v) is 11.5. The van der Waals surface area contributed by atoms with Gasteiger partial charge in [-0.3, -0.25) is 10.1 Å². The standard InChI is InChI=1S/C16H17N5O2S4/c1-3-24-16-21-20-14(27-16)18-11(22)8-25-15-19-12(13(17)26-15)9-4-6-10(23-2)7-5-9/h4-7H,3,8,17H2,1-2H3,(H,18,20,22). The molecule has 0 fully saturated rings. The molecule has 0 spiro atoms. The predicted molar refractivity (Wildman–Crippen MR) is 114 cm³/mol. The highest BCUT2D eigenvalue weighted by molar-refractivity contribution is 8.01. The predicted octanol–water partition coefficient (Wildman–Crippen LogP) is 4.10. The molecule has 2 aromatic heterocycles. The number of carbonyl (C=O) groups is 1. The number of hydrogen-bond acceptors (Lipinski definition) is 10. The monoisotopic (exact) mass is 439 g/mol. The second-order valence-corrected chi connectivity index (χ2v) is 9.81. The fraction of sp³-hybridized carbons (Fsp3) is 0.250. The minimum atomic E-state index is -0.149. The van der Waals surface area contributed by atoms with Crippen LogP contribution in [0.3, 0.4) is 0 Å². The number of thioether (sulfide) groups is 2. The Hall–Kier alpha value is -1.82. The number of nitrogen functional groups attached to an aromatic ring is 1. The number of carbonyl (C=O) groups excluding carboxylic acids is 1. The van der Waals surface area contributed by atoms with E-state index in [-0.39, 0.29) is 11.7 Å². The number of aromatic nitrogens is 3. The van der Waals surface area contributed by atoms with E-state index in [1.807, 2.05) is 31.2 Å². The van der Waals surface area contributed by atoms with Gasteiger partial charge in [-0.1, -0.05) is 53.1 Å². The Kier molecular flexibility index (Phi) is 6.94. The van der Waals surface area contributed by atoms with Crippen molar-refractivity contribution in [2.24, 2.45) is 0 Å². The third-order valence-electron chi connectivity index (χ3n) is 3.24. The smallest absolute Gasteiger partial charge is 0.236 e. The van der Waals surface area contributed by atoms with Crippen molar-refractivity contribution in [2.45, 2.75) is 15.6 Å². The van der Waals surface area contributed by atoms with Crippen LogP contribution in [0.2, 0.25) is 0 Å². The van der Waals surface area contributed by atoms with Crippen molar-refractivity contribution >= 4 is 62.2 Å². The van der Waals surface area contributed by atoms with Crippen molar-refractivity contribution in [1.82, 2.24) is 15.2 Å². The van der Waals surface area contributed by atoms with Gasteiger partial charge in [0.25, 0.3) is 0 Å². The maximum absolute atomic E-state index is 12.1. The second-order valence-electron chi connectivity index (χ2n) is 5.06. The summed E-state index contributed by atoms with van der Waals surface area (Å²) in [4.78, 5) is 16.7. The van der Waals surface area contributed by atoms with Gasteiger partial charge in [0.2, 0.25) is 11.0 Å². The van der Waals surface area contributed by atoms with Crippen molar-refractivity contribution in [3.63, 3.8) is 0 Å². The van der Waals surface area contributed by atoms with Gasteiger partial charge in [-0.25, -0.2) is 4.98 Å². The highest BCUT2D eigenvalue weighted by Crippen LogP contribution is 2.36. The molecule has 3 N–H and O–H groups in total. The lowest BCUT2D eigenvalue weighted by atomic mass is 10.1. The number of ether oxygens (including phenoxy) is 1. The molecule has 0 saturated heterocycles. The quantitative estimate of drug-likeness (QED) is 0.399. The molecular weight excluding hydrogens is 422 g/mol. The van der Waals surface area contributed by atoms with Gasteiger partial charge < -0.3 is 10.5 Å². The highest BCUT2D eigenvalue weighted by atomic mass is 32.2. The third kappa shape index (κ3) is 5.34. The van der Waals surface area contributed by atoms with E-state index in [1.165, 1.54) is 34.4 Å². The normalized spacial score (nSPS) is 10.7. The number of nitrogens with one attached hydrogen (secondary N) is 1. The number of thiazole rings is 1. The largest absolute Gasteiger partial charge is 0.497 e. The summed E-state index contributed by atoms with van der Waals surface area (Å²) in [5, 5.41) is 11.9. The van der Waals surface area contributed by atoms with Gasteiger partial charge in [-0.2, -0.15) is 0 Å². The van der Waals surface area contributed by atoms with E-state index in [9.17, 15) is 4.79 Å². The average Bonchev–Trinajstić information content (AvgIpc) is 3.26. The minimum absolute atomic E-state index is 0.149. The van der Waals surface area contributed by atoms with Crippen LogP contribution in [0.5, 0.6) is 5.75 Å². The first-order chi connectivity index (χ1) is 13.1. The Balaban J connectivity index is 1.58. The minimum Gasteiger partial charge on any atom is -0.497 e. The maximum Gasteiger partial charge on any atom is 0.236 e. The molecule has 0 bridgehead atoms. The van der Waals surface area contributed by atoms with Gasteiger partial charge in [-0.05, 0) is 30.0 Å². The van der Waals surface area contributed by atoms with E-state index in [1.54, 1.807) is 18.9 Å². The summed E-state index contributed by atoms with van der Waals surface area (Å²) in [6.45, 7) is 2.04. The van der Waals surface area contributed by atoms with Crippen LogP contribution in [0.4, 0.5) is 10.1 Å². The Morgan fingerprint density at radius 1 is 1.19 bits per heavy atom. The zero-order valence-corrected chi connectivity index (χ0v) is 17.9. The lowest BCUT2D eigenvalue weighted by molar-refractivity contribution is -0.113. The summed E-state index contributed by atoms with van der Waals surface area (Å²) in [6, 6.07) is 7.54. The zero-order valence-electron chi connectivity index (χ0n) is 14.6. The van der Waals surface area contributed by atoms with E-state index in [0.717, 1.165) is 31.4 Å². The lowest BCUT2D eigenvalue weighted by Gasteiger charge is -2.01. The number of methoxy groups -OCH3 is 1. The van der Waals surface area contributed by atoms with Crippen LogP contribution in [-0.4, -0.2) is 39.7 Å². The second kappa shape index (κ2) is 9.40. The lowest BCUT2D eigenvalue weighted by Crippen LogP contribution is -2.13. The molecule has 3 aromatic rings. The van der Waals surface area contributed by atoms with E-state index < -0.39 is 0 Å². The Labute approximate surface area is 173 Å². The van der Waals surface area contributed by atoms with Crippen LogP contribution < -0.4 is 15.8 Å². The molecule has 0 unspecified atom stereocenters. The van der Waals surface area contributed by atoms with Crippen LogP contribution in [-0.2, 0) is 4.79 Å². The van der Waals surface area contributed by atoms with E-state index in [4.69, 9.17) is 10.5 Å². The molecular formula is C16H17N5O2S4. The van der Waals surface area contributed by atoms with E-state index in [2.05, 4.69) is 20.5 Å². The van der Waals surface area contributed by atoms with Gasteiger partial charge >= 0.3 is 0 Å². The summed E-state index contributed by atoms with van der Waals surface area (Å²) >= 11 is 5.68. The van der Waals surface area contributed by atoms with E-state index >= 15 is 0 Å². The zero-order chi connectivity index (χ0) is 19.2. The van der Waals surface area contributed by atoms with Crippen molar-refractivity contribution in [3.05, 3.63) is 24.3 Å². The first-order valence-electron chi connectivity index (χ1n) is 7.88. The third-order valence-corrected chi connectivity index (χ3v) is 7.13. The van der Waals surface area contributed by atoms with E-state index in [0.29, 0.717) is 10.1 Å². The van der Waals surface area contributed by atoms with Crippen LogP contribution in [0.25, 0.3) is 11.3 Å². The Morgan fingerprint density at radius 3 is 2.67 bits per heavy atom. The van der Waals surface area contributed by atoms with Gasteiger partial charge in [0.05, 0.1) is 12.9 Å². The molecule has 1 aromatic carbocycles. The number of amides is 1. The maximum atomic E-state index is 12.1. The van der Waals surface area contributed by atoms with Gasteiger partial charge in [0.15, 0.2) is 8.68 Å². The number of nitrogens with zero attached hydrogens (tertiary/aromatic N) is 3. The molecule has 142 valence electrons. The summed E-state index contributed by atoms with van der Waals surface area (Å²) in [5.74, 6) is 1.77. The van der Waals surface area contributed by atoms with Gasteiger partial charge in [-0.15, -0.1) is 10.2 Å². The molecule has 0 aliphatic heterocycles. The summed E-state index contributed by atoms with van der Waals surface area (Å²) < 4.78 is 6.75. The van der Waals surface area contributed by atoms with Crippen LogP contribution in [0, 0.1) is 0 Å². The van der Waals surface area contributed by atoms with Crippen molar-refractivity contribution < 1.29 is 9.53 Å². The summed E-state index contributed by atoms with van der Waals surface area (Å²) in [5.41, 5.74) is 7.73. The van der Waals surface area contributed by atoms with Crippen LogP contribution in [0.15, 0.2) is 32.9 Å². The van der Waals surface area contributed by atoms with Crippen molar-refractivity contribution in [2.75, 3.05) is 29.7 Å². The molecule has 2 heterocycles. The molecule has 0 radical (unpaired) electrons. The molecule has 7 nitrogen and oxygen atoms in total. The van der Waals surface area contributed by atoms with Crippen molar-refractivity contribution in [3.8, 4) is 17.0 Å². The van der Waals surface area contributed by atoms with Gasteiger partial charge in [0.1, 0.15) is 16.4 Å². The van der Waals surface area contributed by atoms with Crippen LogP contribution >= 0.6 is 46.2 Å². The number of benzene rings is 1. The molecule has 1 amide bonds. The average molecular weight is 440 g/mol. The number of hydrogen-bond donors (Lipinski definition) is 2. The molecule has 0 aliphatic carbocycles. The Bertz CT molecular complexity index is 910. The molecule has 0 saturated carbocycles. The first kappa shape index (κ1) is 19.9. The van der Waals surface area contributed by atoms with Gasteiger partial charge in [0, 0.05) is 5.56 Å². The Morgan fingerprint density at radius 2 is 1.96 bits per heavy atom. The summed E-state index contributed by atoms with van der Waals surface area (Å²) in [7, 11) is 1.62. The molecule has 27 heavy (non-hydrogen) atoms. The fourth-order valence-electron chi connectivity index (χ4n) is 2.05. The SMILES string of the molecule is CCSc1nnc(NC(=O)CSc2nc(-c3ccc(OC)cc3)c(N)s2)s1. The number of rotatable bonds is 8. The fourth-order valence-corrected chi connectivity index (χ4v) is 5.47. The molecule has 3 rings (SSSR count). The van der Waals surface area contributed by atoms with Crippen LogP contribution in [0.1, 0.15) is 6.92 Å². The summed E-state index contributed by atoms with van der Waals surface area (Å²) in [6.07, 6.45) is 0. The number of anilines is 2.